The third kappa shape index (κ3) is 4.97. The van der Waals surface area contributed by atoms with E-state index in [2.05, 4.69) is 26.6 Å². The standard InChI is InChI=1S/C15H19BrN2O2S/c1-15(2,3)20-14(19)17-11-7-9-6-10(16)4-5-12(9)18-13(21)8-11/h4-6,11H,7-8H2,1-3H3,(H,17,19)(H,18,21). The van der Waals surface area contributed by atoms with Gasteiger partial charge in [0, 0.05) is 22.6 Å². The summed E-state index contributed by atoms with van der Waals surface area (Å²) in [5.74, 6) is 0. The number of alkyl carbamates (subject to hydrolysis) is 1. The van der Waals surface area contributed by atoms with Crippen LogP contribution in [0.2, 0.25) is 0 Å². The first-order chi connectivity index (χ1) is 9.73. The van der Waals surface area contributed by atoms with Gasteiger partial charge in [0.2, 0.25) is 0 Å². The van der Waals surface area contributed by atoms with Crippen molar-refractivity contribution in [2.45, 2.75) is 45.3 Å². The van der Waals surface area contributed by atoms with Crippen LogP contribution in [-0.2, 0) is 11.2 Å². The van der Waals surface area contributed by atoms with Crippen molar-refractivity contribution in [3.8, 4) is 0 Å². The van der Waals surface area contributed by atoms with Crippen molar-refractivity contribution < 1.29 is 9.53 Å². The first-order valence-electron chi connectivity index (χ1n) is 6.81. The number of rotatable bonds is 1. The molecule has 1 aliphatic heterocycles. The molecule has 4 nitrogen and oxygen atoms in total. The maximum atomic E-state index is 11.9. The molecule has 0 aliphatic carbocycles. The summed E-state index contributed by atoms with van der Waals surface area (Å²) in [6.07, 6.45) is 0.899. The van der Waals surface area contributed by atoms with Crippen molar-refractivity contribution in [1.82, 2.24) is 5.32 Å². The number of anilines is 1. The quantitative estimate of drug-likeness (QED) is 0.732. The van der Waals surface area contributed by atoms with Gasteiger partial charge in [-0.2, -0.15) is 0 Å². The largest absolute Gasteiger partial charge is 0.444 e. The minimum atomic E-state index is -0.505. The number of benzene rings is 1. The van der Waals surface area contributed by atoms with E-state index < -0.39 is 11.7 Å². The number of thiocarbonyl (C=S) groups is 1. The number of hydrogen-bond donors (Lipinski definition) is 2. The molecule has 1 heterocycles. The molecule has 1 amide bonds. The number of hydrogen-bond acceptors (Lipinski definition) is 3. The number of fused-ring (bicyclic) bond motifs is 1. The van der Waals surface area contributed by atoms with Gasteiger partial charge in [0.1, 0.15) is 5.60 Å². The molecule has 0 saturated heterocycles. The van der Waals surface area contributed by atoms with Gasteiger partial charge in [-0.15, -0.1) is 0 Å². The molecule has 0 aromatic heterocycles. The Morgan fingerprint density at radius 1 is 1.43 bits per heavy atom. The summed E-state index contributed by atoms with van der Waals surface area (Å²) in [4.78, 5) is 12.6. The molecule has 0 radical (unpaired) electrons. The Morgan fingerprint density at radius 3 is 2.81 bits per heavy atom. The second kappa shape index (κ2) is 6.32. The minimum Gasteiger partial charge on any atom is -0.444 e. The van der Waals surface area contributed by atoms with Crippen LogP contribution in [0, 0.1) is 0 Å². The molecular formula is C15H19BrN2O2S. The van der Waals surface area contributed by atoms with Crippen molar-refractivity contribution in [3.63, 3.8) is 0 Å². The van der Waals surface area contributed by atoms with E-state index >= 15 is 0 Å². The maximum Gasteiger partial charge on any atom is 0.407 e. The average molecular weight is 371 g/mol. The summed E-state index contributed by atoms with van der Waals surface area (Å²) < 4.78 is 6.31. The van der Waals surface area contributed by atoms with Gasteiger partial charge in [-0.3, -0.25) is 0 Å². The maximum absolute atomic E-state index is 11.9. The highest BCUT2D eigenvalue weighted by molar-refractivity contribution is 9.10. The molecule has 1 aromatic rings. The predicted octanol–water partition coefficient (Wildman–Crippen LogP) is 4.03. The van der Waals surface area contributed by atoms with E-state index in [1.807, 2.05) is 39.0 Å². The van der Waals surface area contributed by atoms with E-state index in [4.69, 9.17) is 17.0 Å². The SMILES string of the molecule is CC(C)(C)OC(=O)NC1CC(=S)Nc2ccc(Br)cc2C1. The Hall–Kier alpha value is -1.14. The fourth-order valence-corrected chi connectivity index (χ4v) is 2.91. The number of halogens is 1. The second-order valence-corrected chi connectivity index (χ2v) is 7.51. The molecule has 21 heavy (non-hydrogen) atoms. The van der Waals surface area contributed by atoms with Gasteiger partial charge in [-0.25, -0.2) is 4.79 Å². The molecule has 0 spiro atoms. The van der Waals surface area contributed by atoms with E-state index in [0.29, 0.717) is 12.8 Å². The lowest BCUT2D eigenvalue weighted by Crippen LogP contribution is -2.41. The highest BCUT2D eigenvalue weighted by atomic mass is 79.9. The molecule has 1 atom stereocenters. The van der Waals surface area contributed by atoms with Gasteiger partial charge in [0.25, 0.3) is 0 Å². The van der Waals surface area contributed by atoms with Gasteiger partial charge in [-0.05, 0) is 51.0 Å². The van der Waals surface area contributed by atoms with E-state index in [0.717, 1.165) is 20.7 Å². The number of carbonyl (C=O) groups is 1. The number of carbonyl (C=O) groups excluding carboxylic acids is 1. The Kier molecular flexibility index (Phi) is 4.88. The van der Waals surface area contributed by atoms with Gasteiger partial charge >= 0.3 is 6.09 Å². The minimum absolute atomic E-state index is 0.0737. The van der Waals surface area contributed by atoms with Crippen molar-refractivity contribution in [3.05, 3.63) is 28.2 Å². The third-order valence-corrected chi connectivity index (χ3v) is 3.72. The number of ether oxygens (including phenoxy) is 1. The molecule has 1 unspecified atom stereocenters. The molecular weight excluding hydrogens is 352 g/mol. The summed E-state index contributed by atoms with van der Waals surface area (Å²) in [6.45, 7) is 5.54. The lowest BCUT2D eigenvalue weighted by atomic mass is 10.0. The molecule has 114 valence electrons. The Balaban J connectivity index is 2.11. The summed E-state index contributed by atoms with van der Waals surface area (Å²) in [5.41, 5.74) is 1.61. The van der Waals surface area contributed by atoms with Crippen LogP contribution >= 0.6 is 28.1 Å². The fourth-order valence-electron chi connectivity index (χ4n) is 2.19. The van der Waals surface area contributed by atoms with Crippen LogP contribution in [-0.4, -0.2) is 22.7 Å². The first kappa shape index (κ1) is 16.2. The van der Waals surface area contributed by atoms with E-state index in [-0.39, 0.29) is 6.04 Å². The highest BCUT2D eigenvalue weighted by Crippen LogP contribution is 2.26. The van der Waals surface area contributed by atoms with Crippen LogP contribution < -0.4 is 10.6 Å². The monoisotopic (exact) mass is 370 g/mol. The summed E-state index contributed by atoms with van der Waals surface area (Å²) in [7, 11) is 0. The molecule has 0 saturated carbocycles. The van der Waals surface area contributed by atoms with Crippen molar-refractivity contribution in [2.24, 2.45) is 0 Å². The molecule has 0 bridgehead atoms. The van der Waals surface area contributed by atoms with E-state index in [1.165, 1.54) is 0 Å². The lowest BCUT2D eigenvalue weighted by molar-refractivity contribution is 0.0506. The van der Waals surface area contributed by atoms with Gasteiger partial charge < -0.3 is 15.4 Å². The zero-order valence-electron chi connectivity index (χ0n) is 12.3. The first-order valence-corrected chi connectivity index (χ1v) is 8.01. The smallest absolute Gasteiger partial charge is 0.407 e. The predicted molar refractivity (Wildman–Crippen MR) is 91.8 cm³/mol. The molecule has 6 heteroatoms. The molecule has 2 rings (SSSR count). The normalized spacial score (nSPS) is 18.3. The van der Waals surface area contributed by atoms with Crippen molar-refractivity contribution >= 4 is 44.9 Å². The van der Waals surface area contributed by atoms with Crippen molar-refractivity contribution in [2.75, 3.05) is 5.32 Å². The van der Waals surface area contributed by atoms with Crippen LogP contribution in [0.1, 0.15) is 32.8 Å². The van der Waals surface area contributed by atoms with Crippen LogP contribution in [0.5, 0.6) is 0 Å². The zero-order chi connectivity index (χ0) is 15.6. The number of nitrogens with one attached hydrogen (secondary N) is 2. The topological polar surface area (TPSA) is 50.4 Å². The highest BCUT2D eigenvalue weighted by Gasteiger charge is 2.23. The Bertz CT molecular complexity index is 569. The van der Waals surface area contributed by atoms with E-state index in [9.17, 15) is 4.79 Å². The summed E-state index contributed by atoms with van der Waals surface area (Å²) in [5, 5.41) is 6.12. The second-order valence-electron chi connectivity index (χ2n) is 6.10. The lowest BCUT2D eigenvalue weighted by Gasteiger charge is -2.23. The Labute approximate surface area is 138 Å². The van der Waals surface area contributed by atoms with Crippen LogP contribution in [0.4, 0.5) is 10.5 Å². The van der Waals surface area contributed by atoms with Gasteiger partial charge in [-0.1, -0.05) is 28.1 Å². The van der Waals surface area contributed by atoms with Gasteiger partial charge in [0.15, 0.2) is 0 Å². The molecule has 2 N–H and O–H groups in total. The van der Waals surface area contributed by atoms with Crippen LogP contribution in [0.25, 0.3) is 0 Å². The van der Waals surface area contributed by atoms with Crippen LogP contribution in [0.3, 0.4) is 0 Å². The summed E-state index contributed by atoms with van der Waals surface area (Å²) in [6, 6.07) is 5.92. The molecule has 0 fully saturated rings. The number of amides is 1. The molecule has 1 aromatic carbocycles. The Morgan fingerprint density at radius 2 is 2.14 bits per heavy atom. The van der Waals surface area contributed by atoms with E-state index in [1.54, 1.807) is 0 Å². The zero-order valence-corrected chi connectivity index (χ0v) is 14.7. The van der Waals surface area contributed by atoms with Crippen LogP contribution in [0.15, 0.2) is 22.7 Å². The van der Waals surface area contributed by atoms with Crippen molar-refractivity contribution in [1.29, 1.82) is 0 Å². The third-order valence-electron chi connectivity index (χ3n) is 2.96. The summed E-state index contributed by atoms with van der Waals surface area (Å²) >= 11 is 8.79. The molecule has 1 aliphatic rings. The van der Waals surface area contributed by atoms with Gasteiger partial charge in [0.05, 0.1) is 4.99 Å². The average Bonchev–Trinajstić information content (AvgIpc) is 2.43. The fraction of sp³-hybridized carbons (Fsp3) is 0.467.